The van der Waals surface area contributed by atoms with Crippen LogP contribution in [0.2, 0.25) is 0 Å². The molecule has 0 radical (unpaired) electrons. The van der Waals surface area contributed by atoms with Crippen LogP contribution in [-0.2, 0) is 4.74 Å². The zero-order chi connectivity index (χ0) is 14.0. The van der Waals surface area contributed by atoms with Gasteiger partial charge in [-0.3, -0.25) is 0 Å². The number of nitrogens with zero attached hydrogens (tertiary/aromatic N) is 1. The molecule has 1 atom stereocenters. The van der Waals surface area contributed by atoms with Gasteiger partial charge in [0.2, 0.25) is 0 Å². The minimum atomic E-state index is -0.662. The predicted octanol–water partition coefficient (Wildman–Crippen LogP) is 2.80. The maximum Gasteiger partial charge on any atom is 0.126 e. The molecule has 1 heterocycles. The summed E-state index contributed by atoms with van der Waals surface area (Å²) in [6.45, 7) is 5.19. The minimum absolute atomic E-state index is 0.258. The number of aliphatic hydroxyl groups excluding tert-OH is 1. The molecule has 3 nitrogen and oxygen atoms in total. The van der Waals surface area contributed by atoms with Gasteiger partial charge in [0, 0.05) is 31.5 Å². The summed E-state index contributed by atoms with van der Waals surface area (Å²) in [5, 5.41) is 9.83. The number of aliphatic hydroxyl groups is 1. The van der Waals surface area contributed by atoms with Crippen molar-refractivity contribution in [2.75, 3.05) is 25.1 Å². The fraction of sp³-hybridized carbons (Fsp3) is 0.600. The Hall–Kier alpha value is -1.13. The van der Waals surface area contributed by atoms with Crippen molar-refractivity contribution in [2.24, 2.45) is 0 Å². The van der Waals surface area contributed by atoms with Crippen molar-refractivity contribution >= 4 is 5.69 Å². The van der Waals surface area contributed by atoms with Crippen molar-refractivity contribution in [3.05, 3.63) is 29.1 Å². The van der Waals surface area contributed by atoms with Crippen molar-refractivity contribution in [2.45, 2.75) is 38.9 Å². The van der Waals surface area contributed by atoms with Gasteiger partial charge in [0.15, 0.2) is 0 Å². The summed E-state index contributed by atoms with van der Waals surface area (Å²) in [5.74, 6) is -0.258. The van der Waals surface area contributed by atoms with Gasteiger partial charge in [0.1, 0.15) is 5.82 Å². The Morgan fingerprint density at radius 2 is 2.00 bits per heavy atom. The monoisotopic (exact) mass is 267 g/mol. The van der Waals surface area contributed by atoms with Crippen molar-refractivity contribution < 1.29 is 14.2 Å². The normalized spacial score (nSPS) is 18.7. The first kappa shape index (κ1) is 14.3. The highest BCUT2D eigenvalue weighted by Crippen LogP contribution is 2.31. The third-order valence-electron chi connectivity index (χ3n) is 3.87. The molecule has 1 saturated heterocycles. The molecule has 0 spiro atoms. The SMILES string of the molecule is COC1CCN(c2cc(C)c(F)cc2C(C)O)CC1. The predicted molar refractivity (Wildman–Crippen MR) is 74.0 cm³/mol. The van der Waals surface area contributed by atoms with Crippen molar-refractivity contribution in [1.29, 1.82) is 0 Å². The fourth-order valence-electron chi connectivity index (χ4n) is 2.62. The van der Waals surface area contributed by atoms with Crippen LogP contribution in [0, 0.1) is 12.7 Å². The average Bonchev–Trinajstić information content (AvgIpc) is 2.41. The van der Waals surface area contributed by atoms with E-state index >= 15 is 0 Å². The average molecular weight is 267 g/mol. The van der Waals surface area contributed by atoms with Crippen LogP contribution in [0.25, 0.3) is 0 Å². The van der Waals surface area contributed by atoms with Crippen molar-refractivity contribution in [3.8, 4) is 0 Å². The molecule has 1 N–H and O–H groups in total. The lowest BCUT2D eigenvalue weighted by Gasteiger charge is -2.34. The van der Waals surface area contributed by atoms with E-state index in [0.29, 0.717) is 17.2 Å². The molecule has 0 bridgehead atoms. The highest BCUT2D eigenvalue weighted by molar-refractivity contribution is 5.57. The Labute approximate surface area is 114 Å². The number of halogens is 1. The van der Waals surface area contributed by atoms with Crippen LogP contribution in [0.4, 0.5) is 10.1 Å². The third kappa shape index (κ3) is 3.07. The van der Waals surface area contributed by atoms with E-state index in [1.807, 2.05) is 6.07 Å². The van der Waals surface area contributed by atoms with Gasteiger partial charge in [-0.25, -0.2) is 4.39 Å². The highest BCUT2D eigenvalue weighted by Gasteiger charge is 2.22. The number of piperidine rings is 1. The molecule has 106 valence electrons. The van der Waals surface area contributed by atoms with Gasteiger partial charge in [0.25, 0.3) is 0 Å². The summed E-state index contributed by atoms with van der Waals surface area (Å²) in [7, 11) is 1.74. The summed E-state index contributed by atoms with van der Waals surface area (Å²) in [4.78, 5) is 2.21. The van der Waals surface area contributed by atoms with E-state index in [0.717, 1.165) is 31.6 Å². The Morgan fingerprint density at radius 3 is 2.53 bits per heavy atom. The topological polar surface area (TPSA) is 32.7 Å². The lowest BCUT2D eigenvalue weighted by molar-refractivity contribution is 0.0818. The van der Waals surface area contributed by atoms with Gasteiger partial charge >= 0.3 is 0 Å². The molecule has 0 saturated carbocycles. The molecule has 0 aromatic heterocycles. The Balaban J connectivity index is 2.26. The summed E-state index contributed by atoms with van der Waals surface area (Å²) >= 11 is 0. The molecule has 1 aliphatic heterocycles. The van der Waals surface area contributed by atoms with Crippen LogP contribution in [0.15, 0.2) is 12.1 Å². The molecule has 1 fully saturated rings. The van der Waals surface area contributed by atoms with E-state index in [-0.39, 0.29) is 5.82 Å². The van der Waals surface area contributed by atoms with E-state index in [1.54, 1.807) is 21.0 Å². The number of rotatable bonds is 3. The van der Waals surface area contributed by atoms with Crippen LogP contribution >= 0.6 is 0 Å². The highest BCUT2D eigenvalue weighted by atomic mass is 19.1. The van der Waals surface area contributed by atoms with Crippen molar-refractivity contribution in [3.63, 3.8) is 0 Å². The number of methoxy groups -OCH3 is 1. The van der Waals surface area contributed by atoms with Crippen LogP contribution in [0.5, 0.6) is 0 Å². The second-order valence-corrected chi connectivity index (χ2v) is 5.26. The van der Waals surface area contributed by atoms with Gasteiger partial charge in [-0.2, -0.15) is 0 Å². The molecule has 4 heteroatoms. The number of benzene rings is 1. The minimum Gasteiger partial charge on any atom is -0.389 e. The first-order chi connectivity index (χ1) is 9.02. The Morgan fingerprint density at radius 1 is 1.37 bits per heavy atom. The number of anilines is 1. The zero-order valence-corrected chi connectivity index (χ0v) is 11.8. The van der Waals surface area contributed by atoms with E-state index in [1.165, 1.54) is 6.07 Å². The first-order valence-electron chi connectivity index (χ1n) is 6.78. The molecule has 1 unspecified atom stereocenters. The molecule has 19 heavy (non-hydrogen) atoms. The number of aryl methyl sites for hydroxylation is 1. The molecule has 1 aliphatic rings. The molecule has 2 rings (SSSR count). The molecule has 1 aromatic rings. The van der Waals surface area contributed by atoms with E-state index in [9.17, 15) is 9.50 Å². The lowest BCUT2D eigenvalue weighted by atomic mass is 10.0. The molecule has 1 aromatic carbocycles. The first-order valence-corrected chi connectivity index (χ1v) is 6.78. The van der Waals surface area contributed by atoms with Crippen LogP contribution in [0.1, 0.15) is 37.0 Å². The second kappa shape index (κ2) is 5.88. The summed E-state index contributed by atoms with van der Waals surface area (Å²) < 4.78 is 19.0. The Kier molecular flexibility index (Phi) is 4.42. The number of ether oxygens (including phenoxy) is 1. The summed E-state index contributed by atoms with van der Waals surface area (Å²) in [5.41, 5.74) is 2.23. The molecule has 0 aliphatic carbocycles. The van der Waals surface area contributed by atoms with Crippen molar-refractivity contribution in [1.82, 2.24) is 0 Å². The zero-order valence-electron chi connectivity index (χ0n) is 11.8. The second-order valence-electron chi connectivity index (χ2n) is 5.26. The standard InChI is InChI=1S/C15H22FNO2/c1-10-8-15(13(11(2)18)9-14(10)16)17-6-4-12(19-3)5-7-17/h8-9,11-12,18H,4-7H2,1-3H3. The lowest BCUT2D eigenvalue weighted by Crippen LogP contribution is -2.37. The summed E-state index contributed by atoms with van der Waals surface area (Å²) in [6.07, 6.45) is 1.58. The van der Waals surface area contributed by atoms with Gasteiger partial charge in [-0.05, 0) is 44.4 Å². The summed E-state index contributed by atoms with van der Waals surface area (Å²) in [6, 6.07) is 3.29. The maximum atomic E-state index is 13.7. The third-order valence-corrected chi connectivity index (χ3v) is 3.87. The van der Waals surface area contributed by atoms with Gasteiger partial charge in [-0.15, -0.1) is 0 Å². The van der Waals surface area contributed by atoms with Crippen LogP contribution in [-0.4, -0.2) is 31.4 Å². The largest absolute Gasteiger partial charge is 0.389 e. The van der Waals surface area contributed by atoms with Crippen LogP contribution in [0.3, 0.4) is 0 Å². The van der Waals surface area contributed by atoms with Gasteiger partial charge in [-0.1, -0.05) is 0 Å². The smallest absolute Gasteiger partial charge is 0.126 e. The van der Waals surface area contributed by atoms with E-state index < -0.39 is 6.10 Å². The van der Waals surface area contributed by atoms with E-state index in [2.05, 4.69) is 4.90 Å². The fourth-order valence-corrected chi connectivity index (χ4v) is 2.62. The molecular formula is C15H22FNO2. The quantitative estimate of drug-likeness (QED) is 0.914. The molecule has 0 amide bonds. The maximum absolute atomic E-state index is 13.7. The van der Waals surface area contributed by atoms with Crippen LogP contribution < -0.4 is 4.90 Å². The number of hydrogen-bond acceptors (Lipinski definition) is 3. The van der Waals surface area contributed by atoms with Gasteiger partial charge in [0.05, 0.1) is 12.2 Å². The Bertz CT molecular complexity index is 440. The molecular weight excluding hydrogens is 245 g/mol. The van der Waals surface area contributed by atoms with E-state index in [4.69, 9.17) is 4.74 Å². The number of hydrogen-bond donors (Lipinski definition) is 1. The van der Waals surface area contributed by atoms with Gasteiger partial charge < -0.3 is 14.7 Å².